The Morgan fingerprint density at radius 3 is 1.77 bits per heavy atom. The summed E-state index contributed by atoms with van der Waals surface area (Å²) in [5, 5.41) is 54.6. The highest BCUT2D eigenvalue weighted by molar-refractivity contribution is 6.03. The molecule has 31 nitrogen and oxygen atoms in total. The number of likely N-dealkylation sites (tertiary alicyclic amines) is 1. The maximum atomic E-state index is 15.1. The van der Waals surface area contributed by atoms with Crippen molar-refractivity contribution in [2.24, 2.45) is 93.5 Å². The van der Waals surface area contributed by atoms with Crippen LogP contribution >= 0.6 is 0 Å². The molecule has 0 bridgehead atoms. The summed E-state index contributed by atoms with van der Waals surface area (Å²) in [6.07, 6.45) is 10.0. The van der Waals surface area contributed by atoms with Gasteiger partial charge in [0.15, 0.2) is 0 Å². The van der Waals surface area contributed by atoms with Crippen LogP contribution in [0.2, 0.25) is 0 Å². The van der Waals surface area contributed by atoms with E-state index in [2.05, 4.69) is 84.6 Å². The third kappa shape index (κ3) is 25.6. The summed E-state index contributed by atoms with van der Waals surface area (Å²) >= 11 is 0. The summed E-state index contributed by atoms with van der Waals surface area (Å²) in [4.78, 5) is 205. The van der Waals surface area contributed by atoms with Crippen LogP contribution in [0.4, 0.5) is 0 Å². The van der Waals surface area contributed by atoms with Crippen LogP contribution < -0.4 is 69.5 Å². The first-order valence-corrected chi connectivity index (χ1v) is 45.8. The zero-order valence-electron chi connectivity index (χ0n) is 76.8. The van der Waals surface area contributed by atoms with Crippen molar-refractivity contribution in [2.75, 3.05) is 13.1 Å². The Hall–Kier alpha value is -8.58. The standard InChI is InChI=1S/C92H150N14O17/c1-21-52(14)74(86(118)105-77-56(18)123-90(122)73(51(12)13)101-78(110)64(23-3)94-80(112)66(45-57-29-25-24-26-30-57)96-82(114)70(48(6)7)98-85(117)75(53(15)22-2)103-88(77)120)102-79(111)65(31-27-43-93)95-81(113)67-32-28-44-106(67)89(121)72(50(10)11)100-84(116)71(49(8)9)99-87(119)76(55(17)107)104-83(115)69(47(4)5)97-68(109)38-33-54(16)61-36-37-62-60-35-34-58-46-59(108)39-41-91(58,19)63(60)40-42-92(61,62)20/h23-26,29-30,47-56,58-63,65-67,69-77,107-108H,21-22,27-28,31-46,93H2,1-20H3,(H,94,112)(H,95,113)(H,96,114)(H,97,109)(H,98,117)(H,99,119)(H,100,116)(H,101,110)(H,102,111)(H,103,120)(H,104,115)(H,105,118)/b64-23-/t52-,53-,54+,55+,56+,58+,59+,60-,61+,62-,63-,65-,66-,67+,69+,70+,71-,72+,73-,74+,75+,76-,77+,91-,92+/m0/s1. The number of hydrogen-bond acceptors (Lipinski definition) is 18. The number of cyclic esters (lactones) is 1. The Morgan fingerprint density at radius 2 is 1.18 bits per heavy atom. The first kappa shape index (κ1) is 102. The van der Waals surface area contributed by atoms with Crippen molar-refractivity contribution in [1.29, 1.82) is 0 Å². The van der Waals surface area contributed by atoms with Gasteiger partial charge in [0.1, 0.15) is 84.3 Å². The molecule has 7 rings (SSSR count). The van der Waals surface area contributed by atoms with Crippen molar-refractivity contribution >= 4 is 82.8 Å². The van der Waals surface area contributed by atoms with Crippen LogP contribution in [0.5, 0.6) is 0 Å². The molecule has 25 atom stereocenters. The van der Waals surface area contributed by atoms with Gasteiger partial charge in [0.25, 0.3) is 5.91 Å². The van der Waals surface area contributed by atoms with Crippen molar-refractivity contribution in [3.8, 4) is 0 Å². The Bertz CT molecular complexity index is 3880. The van der Waals surface area contributed by atoms with E-state index in [4.69, 9.17) is 10.5 Å². The fourth-order valence-electron chi connectivity index (χ4n) is 20.2. The van der Waals surface area contributed by atoms with Gasteiger partial charge < -0.3 is 89.4 Å². The van der Waals surface area contributed by atoms with Gasteiger partial charge in [0.2, 0.25) is 70.9 Å². The second-order valence-electron chi connectivity index (χ2n) is 38.7. The molecule has 0 radical (unpaired) electrons. The molecule has 2 aliphatic heterocycles. The lowest BCUT2D eigenvalue weighted by Gasteiger charge is -2.61. The number of fused-ring (bicyclic) bond motifs is 5. The monoisotopic (exact) mass is 1720 g/mol. The SMILES string of the molecule is C/C=C1\NC(=O)[C@H](Cc2ccccc2)NC(=O)[C@@H](C(C)C)NC(=O)[C@@H]([C@@H](C)CC)NC(=O)[C@H](NC(=O)[C@H](NC(=O)[C@H](CCCN)NC(=O)[C@H]2CCCN2C(=O)[C@H](NC(=O)[C@@H](NC(=O)[C@@H](NC(=O)[C@H](NC(=O)CC[C@@H](C)[C@H]2CC[C@H]3[C@@H]4CC[C@@H]5C[C@H](O)CC[C@]5(C)[C@H]4CC[C@]23C)C(C)C)[C@@H](C)O)C(C)C)C(C)C)[C@@H](C)CC)[C@@H](C)OC(=O)[C@H](C(C)C)NC1=O. The van der Waals surface area contributed by atoms with E-state index in [1.807, 2.05) is 0 Å². The first-order chi connectivity index (χ1) is 57.9. The number of nitrogens with zero attached hydrogens (tertiary/aromatic N) is 1. The predicted octanol–water partition coefficient (Wildman–Crippen LogP) is 5.45. The summed E-state index contributed by atoms with van der Waals surface area (Å²) in [5.41, 5.74) is 6.84. The van der Waals surface area contributed by atoms with Gasteiger partial charge in [-0.05, 0) is 211 Å². The fourth-order valence-corrected chi connectivity index (χ4v) is 20.2. The van der Waals surface area contributed by atoms with Gasteiger partial charge in [-0.3, -0.25) is 62.3 Å². The highest BCUT2D eigenvalue weighted by atomic mass is 16.5. The number of amides is 13. The number of aliphatic hydroxyl groups is 2. The zero-order chi connectivity index (χ0) is 91.6. The van der Waals surface area contributed by atoms with E-state index in [1.165, 1.54) is 57.4 Å². The lowest BCUT2D eigenvalue weighted by Crippen LogP contribution is -2.64. The number of ether oxygens (including phenoxy) is 1. The maximum absolute atomic E-state index is 15.1. The lowest BCUT2D eigenvalue weighted by atomic mass is 9.44. The maximum Gasteiger partial charge on any atom is 0.329 e. The quantitative estimate of drug-likeness (QED) is 0.0307. The molecule has 0 spiro atoms. The molecule has 2 heterocycles. The largest absolute Gasteiger partial charge is 0.458 e. The van der Waals surface area contributed by atoms with E-state index in [0.717, 1.165) is 32.1 Å². The van der Waals surface area contributed by atoms with Crippen LogP contribution in [-0.2, 0) is 78.3 Å². The van der Waals surface area contributed by atoms with Crippen LogP contribution in [0.1, 0.15) is 253 Å². The number of hydrogen-bond donors (Lipinski definition) is 15. The molecule has 4 saturated carbocycles. The lowest BCUT2D eigenvalue weighted by molar-refractivity contribution is -0.157. The van der Waals surface area contributed by atoms with Crippen molar-refractivity contribution in [2.45, 2.75) is 345 Å². The highest BCUT2D eigenvalue weighted by Gasteiger charge is 2.61. The summed E-state index contributed by atoms with van der Waals surface area (Å²) in [6.45, 7) is 35.2. The molecule has 13 amide bonds. The zero-order valence-corrected chi connectivity index (χ0v) is 76.8. The molecular weight excluding hydrogens is 1570 g/mol. The topological polar surface area (TPSA) is 462 Å². The average Bonchev–Trinajstić information content (AvgIpc) is 1.67. The second-order valence-corrected chi connectivity index (χ2v) is 38.7. The molecular formula is C92H150N14O17. The van der Waals surface area contributed by atoms with Gasteiger partial charge in [-0.25, -0.2) is 4.79 Å². The summed E-state index contributed by atoms with van der Waals surface area (Å²) in [6, 6.07) is -7.77. The fraction of sp³-hybridized carbons (Fsp3) is 0.761. The predicted molar refractivity (Wildman–Crippen MR) is 466 cm³/mol. The molecule has 2 saturated heterocycles. The van der Waals surface area contributed by atoms with Crippen molar-refractivity contribution < 1.29 is 82.1 Å². The molecule has 6 fully saturated rings. The van der Waals surface area contributed by atoms with Crippen LogP contribution in [-0.4, -0.2) is 202 Å². The molecule has 31 heteroatoms. The number of allylic oxidation sites excluding steroid dienone is 1. The molecule has 4 aliphatic carbocycles. The smallest absolute Gasteiger partial charge is 0.329 e. The Kier molecular flexibility index (Phi) is 37.6. The Labute approximate surface area is 729 Å². The van der Waals surface area contributed by atoms with E-state index >= 15 is 9.59 Å². The normalized spacial score (nSPS) is 29.6. The van der Waals surface area contributed by atoms with Crippen LogP contribution in [0.3, 0.4) is 0 Å². The minimum absolute atomic E-state index is 0.0369. The molecule has 16 N–H and O–H groups in total. The van der Waals surface area contributed by atoms with Gasteiger partial charge in [-0.1, -0.05) is 167 Å². The van der Waals surface area contributed by atoms with E-state index in [-0.39, 0.29) is 86.1 Å². The van der Waals surface area contributed by atoms with E-state index < -0.39 is 203 Å². The number of aliphatic hydroxyl groups excluding tert-OH is 2. The van der Waals surface area contributed by atoms with Gasteiger partial charge >= 0.3 is 5.97 Å². The highest BCUT2D eigenvalue weighted by Crippen LogP contribution is 2.68. The average molecular weight is 1720 g/mol. The number of rotatable bonds is 33. The summed E-state index contributed by atoms with van der Waals surface area (Å²) < 4.78 is 5.99. The molecule has 0 unspecified atom stereocenters. The minimum Gasteiger partial charge on any atom is -0.458 e. The number of benzene rings is 1. The molecule has 123 heavy (non-hydrogen) atoms. The molecule has 690 valence electrons. The van der Waals surface area contributed by atoms with Crippen molar-refractivity contribution in [1.82, 2.24) is 68.7 Å². The minimum atomic E-state index is -1.83. The molecule has 1 aromatic carbocycles. The van der Waals surface area contributed by atoms with E-state index in [1.54, 1.807) is 127 Å². The third-order valence-electron chi connectivity index (χ3n) is 28.3. The van der Waals surface area contributed by atoms with Crippen LogP contribution in [0.25, 0.3) is 0 Å². The van der Waals surface area contributed by atoms with Gasteiger partial charge in [0, 0.05) is 19.4 Å². The molecule has 6 aliphatic rings. The summed E-state index contributed by atoms with van der Waals surface area (Å²) in [7, 11) is 0. The summed E-state index contributed by atoms with van der Waals surface area (Å²) in [5.74, 6) is -12.2. The molecule has 1 aromatic rings. The Morgan fingerprint density at radius 1 is 0.602 bits per heavy atom. The van der Waals surface area contributed by atoms with Crippen LogP contribution in [0.15, 0.2) is 42.1 Å². The number of carbonyl (C=O) groups is 14. The number of nitrogens with two attached hydrogens (primary N) is 1. The number of carbonyl (C=O) groups excluding carboxylic acids is 14. The van der Waals surface area contributed by atoms with Crippen molar-refractivity contribution in [3.05, 3.63) is 47.7 Å². The number of nitrogens with one attached hydrogen (secondary N) is 12. The van der Waals surface area contributed by atoms with Gasteiger partial charge in [0.05, 0.1) is 12.2 Å². The first-order valence-electron chi connectivity index (χ1n) is 45.8. The van der Waals surface area contributed by atoms with Gasteiger partial charge in [-0.2, -0.15) is 0 Å². The number of esters is 1. The third-order valence-corrected chi connectivity index (χ3v) is 28.3. The van der Waals surface area contributed by atoms with Crippen LogP contribution in [0, 0.1) is 87.8 Å². The Balaban J connectivity index is 1.02. The van der Waals surface area contributed by atoms with Gasteiger partial charge in [-0.15, -0.1) is 0 Å². The van der Waals surface area contributed by atoms with E-state index in [0.29, 0.717) is 54.4 Å². The van der Waals surface area contributed by atoms with Crippen molar-refractivity contribution in [3.63, 3.8) is 0 Å². The molecule has 0 aromatic heterocycles. The van der Waals surface area contributed by atoms with E-state index in [9.17, 15) is 67.7 Å². The second kappa shape index (κ2) is 45.5.